The van der Waals surface area contributed by atoms with E-state index in [0.29, 0.717) is 6.04 Å². The third-order valence-electron chi connectivity index (χ3n) is 4.17. The van der Waals surface area contributed by atoms with Crippen molar-refractivity contribution in [3.63, 3.8) is 0 Å². The van der Waals surface area contributed by atoms with Crippen molar-refractivity contribution in [1.82, 2.24) is 5.32 Å². The summed E-state index contributed by atoms with van der Waals surface area (Å²) in [7, 11) is 0. The Bertz CT molecular complexity index is 337. The van der Waals surface area contributed by atoms with E-state index < -0.39 is 0 Å². The molecule has 1 aliphatic rings. The summed E-state index contributed by atoms with van der Waals surface area (Å²) >= 11 is 0. The summed E-state index contributed by atoms with van der Waals surface area (Å²) in [6.45, 7) is 5.51. The molecule has 0 heterocycles. The van der Waals surface area contributed by atoms with Crippen LogP contribution in [0.5, 0.6) is 0 Å². The quantitative estimate of drug-likeness (QED) is 0.747. The van der Waals surface area contributed by atoms with Gasteiger partial charge in [0.25, 0.3) is 0 Å². The van der Waals surface area contributed by atoms with E-state index >= 15 is 0 Å². The first-order valence-electron chi connectivity index (χ1n) is 7.65. The van der Waals surface area contributed by atoms with Gasteiger partial charge in [0.15, 0.2) is 0 Å². The van der Waals surface area contributed by atoms with E-state index in [4.69, 9.17) is 0 Å². The molecule has 1 unspecified atom stereocenters. The fourth-order valence-electron chi connectivity index (χ4n) is 2.85. The number of nitrogens with one attached hydrogen (secondary N) is 1. The molecule has 0 radical (unpaired) electrons. The molecule has 0 spiro atoms. The van der Waals surface area contributed by atoms with Gasteiger partial charge in [0, 0.05) is 6.04 Å². The first kappa shape index (κ1) is 13.6. The standard InChI is InChI=1S/C17H27N/c1-3-6-14-9-11-16(12-10-14)17(18-4-2)13-15-7-5-8-15/h9-12,15,17-18H,3-8,13H2,1-2H3. The van der Waals surface area contributed by atoms with E-state index in [1.54, 1.807) is 0 Å². The highest BCUT2D eigenvalue weighted by molar-refractivity contribution is 5.25. The number of benzene rings is 1. The maximum Gasteiger partial charge on any atom is 0.0322 e. The van der Waals surface area contributed by atoms with E-state index in [1.165, 1.54) is 49.7 Å². The van der Waals surface area contributed by atoms with Gasteiger partial charge < -0.3 is 5.32 Å². The first-order chi connectivity index (χ1) is 8.83. The Morgan fingerprint density at radius 2 is 1.89 bits per heavy atom. The van der Waals surface area contributed by atoms with Crippen LogP contribution >= 0.6 is 0 Å². The minimum atomic E-state index is 0.566. The molecular formula is C17H27N. The molecule has 1 aromatic rings. The summed E-state index contributed by atoms with van der Waals surface area (Å²) in [6, 6.07) is 9.85. The van der Waals surface area contributed by atoms with Crippen LogP contribution in [0.1, 0.15) is 63.1 Å². The highest BCUT2D eigenvalue weighted by Gasteiger charge is 2.22. The molecule has 1 nitrogen and oxygen atoms in total. The summed E-state index contributed by atoms with van der Waals surface area (Å²) < 4.78 is 0. The molecular weight excluding hydrogens is 218 g/mol. The van der Waals surface area contributed by atoms with E-state index in [9.17, 15) is 0 Å². The maximum absolute atomic E-state index is 3.65. The van der Waals surface area contributed by atoms with Crippen molar-refractivity contribution >= 4 is 0 Å². The Balaban J connectivity index is 1.99. The number of hydrogen-bond acceptors (Lipinski definition) is 1. The molecule has 18 heavy (non-hydrogen) atoms. The molecule has 0 saturated heterocycles. The van der Waals surface area contributed by atoms with Gasteiger partial charge in [-0.3, -0.25) is 0 Å². The van der Waals surface area contributed by atoms with Crippen molar-refractivity contribution in [3.8, 4) is 0 Å². The number of rotatable bonds is 7. The monoisotopic (exact) mass is 245 g/mol. The Morgan fingerprint density at radius 1 is 1.17 bits per heavy atom. The minimum absolute atomic E-state index is 0.566. The molecule has 2 rings (SSSR count). The van der Waals surface area contributed by atoms with Gasteiger partial charge in [-0.05, 0) is 36.4 Å². The lowest BCUT2D eigenvalue weighted by Gasteiger charge is -2.30. The van der Waals surface area contributed by atoms with Crippen LogP contribution in [0, 0.1) is 5.92 Å². The van der Waals surface area contributed by atoms with Crippen molar-refractivity contribution in [1.29, 1.82) is 0 Å². The lowest BCUT2D eigenvalue weighted by Crippen LogP contribution is -2.25. The first-order valence-corrected chi connectivity index (χ1v) is 7.65. The Hall–Kier alpha value is -0.820. The molecule has 1 N–H and O–H groups in total. The average molecular weight is 245 g/mol. The molecule has 0 aliphatic heterocycles. The lowest BCUT2D eigenvalue weighted by atomic mass is 9.79. The minimum Gasteiger partial charge on any atom is -0.310 e. The zero-order chi connectivity index (χ0) is 12.8. The summed E-state index contributed by atoms with van der Waals surface area (Å²) in [6.07, 6.45) is 8.08. The Kier molecular flexibility index (Phi) is 5.25. The maximum atomic E-state index is 3.65. The SMILES string of the molecule is CCCc1ccc(C(CC2CCC2)NCC)cc1. The second kappa shape index (κ2) is 6.94. The predicted octanol–water partition coefficient (Wildman–Crippen LogP) is 4.48. The topological polar surface area (TPSA) is 12.0 Å². The molecule has 1 atom stereocenters. The van der Waals surface area contributed by atoms with Crippen LogP contribution in [0.25, 0.3) is 0 Å². The fraction of sp³-hybridized carbons (Fsp3) is 0.647. The normalized spacial score (nSPS) is 17.4. The van der Waals surface area contributed by atoms with Gasteiger partial charge in [0.1, 0.15) is 0 Å². The van der Waals surface area contributed by atoms with E-state index in [1.807, 2.05) is 0 Å². The van der Waals surface area contributed by atoms with Crippen LogP contribution in [0.3, 0.4) is 0 Å². The van der Waals surface area contributed by atoms with Gasteiger partial charge in [0.2, 0.25) is 0 Å². The fourth-order valence-corrected chi connectivity index (χ4v) is 2.85. The van der Waals surface area contributed by atoms with Crippen molar-refractivity contribution in [2.24, 2.45) is 5.92 Å². The molecule has 0 bridgehead atoms. The Labute approximate surface area is 112 Å². The van der Waals surface area contributed by atoms with E-state index in [-0.39, 0.29) is 0 Å². The summed E-state index contributed by atoms with van der Waals surface area (Å²) in [4.78, 5) is 0. The van der Waals surface area contributed by atoms with Crippen LogP contribution in [0.4, 0.5) is 0 Å². The van der Waals surface area contributed by atoms with Crippen molar-refractivity contribution in [3.05, 3.63) is 35.4 Å². The zero-order valence-electron chi connectivity index (χ0n) is 11.9. The van der Waals surface area contributed by atoms with Crippen molar-refractivity contribution in [2.45, 2.75) is 58.4 Å². The van der Waals surface area contributed by atoms with Crippen LogP contribution in [0.2, 0.25) is 0 Å². The molecule has 0 amide bonds. The molecule has 1 aliphatic carbocycles. The molecule has 1 fully saturated rings. The summed E-state index contributed by atoms with van der Waals surface area (Å²) in [5.74, 6) is 0.962. The molecule has 100 valence electrons. The number of hydrogen-bond donors (Lipinski definition) is 1. The van der Waals surface area contributed by atoms with E-state index in [0.717, 1.165) is 12.5 Å². The second-order valence-corrected chi connectivity index (χ2v) is 5.63. The van der Waals surface area contributed by atoms with Crippen LogP contribution in [-0.2, 0) is 6.42 Å². The van der Waals surface area contributed by atoms with E-state index in [2.05, 4.69) is 43.4 Å². The Morgan fingerprint density at radius 3 is 2.39 bits per heavy atom. The third-order valence-corrected chi connectivity index (χ3v) is 4.17. The second-order valence-electron chi connectivity index (χ2n) is 5.63. The summed E-state index contributed by atoms with van der Waals surface area (Å²) in [5, 5.41) is 3.65. The molecule has 1 heteroatoms. The van der Waals surface area contributed by atoms with Gasteiger partial charge >= 0.3 is 0 Å². The average Bonchev–Trinajstić information content (AvgIpc) is 2.34. The van der Waals surface area contributed by atoms with Crippen LogP contribution in [-0.4, -0.2) is 6.54 Å². The van der Waals surface area contributed by atoms with Crippen molar-refractivity contribution in [2.75, 3.05) is 6.54 Å². The predicted molar refractivity (Wildman–Crippen MR) is 78.8 cm³/mol. The molecule has 1 aromatic carbocycles. The smallest absolute Gasteiger partial charge is 0.0322 e. The van der Waals surface area contributed by atoms with Crippen LogP contribution < -0.4 is 5.32 Å². The largest absolute Gasteiger partial charge is 0.310 e. The molecule has 0 aromatic heterocycles. The van der Waals surface area contributed by atoms with Gasteiger partial charge in [-0.25, -0.2) is 0 Å². The molecule has 1 saturated carbocycles. The lowest BCUT2D eigenvalue weighted by molar-refractivity contribution is 0.262. The highest BCUT2D eigenvalue weighted by atomic mass is 14.9. The zero-order valence-corrected chi connectivity index (χ0v) is 11.9. The third kappa shape index (κ3) is 3.58. The van der Waals surface area contributed by atoms with Gasteiger partial charge in [-0.2, -0.15) is 0 Å². The summed E-state index contributed by atoms with van der Waals surface area (Å²) in [5.41, 5.74) is 2.95. The van der Waals surface area contributed by atoms with Gasteiger partial charge in [-0.15, -0.1) is 0 Å². The van der Waals surface area contributed by atoms with Crippen molar-refractivity contribution < 1.29 is 0 Å². The van der Waals surface area contributed by atoms with Gasteiger partial charge in [0.05, 0.1) is 0 Å². The number of aryl methyl sites for hydroxylation is 1. The van der Waals surface area contributed by atoms with Gasteiger partial charge in [-0.1, -0.05) is 63.8 Å². The highest BCUT2D eigenvalue weighted by Crippen LogP contribution is 2.34. The van der Waals surface area contributed by atoms with Crippen LogP contribution in [0.15, 0.2) is 24.3 Å².